The van der Waals surface area contributed by atoms with Gasteiger partial charge in [0.1, 0.15) is 0 Å². The standard InChI is InChI=1S/C19H22N2O2S/c1-13(14-6-8-16(9-7-14)24(3)23)21(2)19(22)18-11-17(18)15-5-4-10-20-12-15/h4-10,12-13,17-18H,11H2,1-3H3/t13-,17+,18-,24+/m1/s1. The van der Waals surface area contributed by atoms with Gasteiger partial charge in [0, 0.05) is 47.3 Å². The Hall–Kier alpha value is -2.01. The van der Waals surface area contributed by atoms with Crippen molar-refractivity contribution in [1.29, 1.82) is 0 Å². The van der Waals surface area contributed by atoms with Gasteiger partial charge in [0.2, 0.25) is 5.91 Å². The Bertz CT molecular complexity index is 746. The van der Waals surface area contributed by atoms with Gasteiger partial charge in [0.15, 0.2) is 0 Å². The van der Waals surface area contributed by atoms with Crippen molar-refractivity contribution < 1.29 is 9.00 Å². The molecule has 0 bridgehead atoms. The fourth-order valence-corrected chi connectivity index (χ4v) is 3.56. The summed E-state index contributed by atoms with van der Waals surface area (Å²) in [5.41, 5.74) is 2.20. The molecule has 0 radical (unpaired) electrons. The molecule has 4 nitrogen and oxygen atoms in total. The second-order valence-corrected chi connectivity index (χ2v) is 7.76. The second-order valence-electron chi connectivity index (χ2n) is 6.38. The number of carbonyl (C=O) groups excluding carboxylic acids is 1. The van der Waals surface area contributed by atoms with Crippen LogP contribution >= 0.6 is 0 Å². The minimum absolute atomic E-state index is 0.00742. The molecule has 0 aliphatic heterocycles. The number of rotatable bonds is 5. The van der Waals surface area contributed by atoms with Gasteiger partial charge in [-0.2, -0.15) is 0 Å². The van der Waals surface area contributed by atoms with Gasteiger partial charge >= 0.3 is 0 Å². The minimum Gasteiger partial charge on any atom is -0.339 e. The fourth-order valence-electron chi connectivity index (χ4n) is 3.05. The largest absolute Gasteiger partial charge is 0.339 e. The van der Waals surface area contributed by atoms with Gasteiger partial charge in [-0.15, -0.1) is 0 Å². The van der Waals surface area contributed by atoms with Crippen molar-refractivity contribution in [3.63, 3.8) is 0 Å². The van der Waals surface area contributed by atoms with Crippen LogP contribution in [0.3, 0.4) is 0 Å². The van der Waals surface area contributed by atoms with Crippen LogP contribution in [0.4, 0.5) is 0 Å². The van der Waals surface area contributed by atoms with Gasteiger partial charge in [-0.25, -0.2) is 0 Å². The first-order chi connectivity index (χ1) is 11.5. The summed E-state index contributed by atoms with van der Waals surface area (Å²) < 4.78 is 11.5. The Morgan fingerprint density at radius 3 is 2.58 bits per heavy atom. The first kappa shape index (κ1) is 16.8. The molecular weight excluding hydrogens is 320 g/mol. The van der Waals surface area contributed by atoms with Crippen LogP contribution in [0.1, 0.15) is 36.4 Å². The summed E-state index contributed by atoms with van der Waals surface area (Å²) in [5, 5.41) is 0. The van der Waals surface area contributed by atoms with E-state index in [0.29, 0.717) is 5.92 Å². The highest BCUT2D eigenvalue weighted by Gasteiger charge is 2.45. The van der Waals surface area contributed by atoms with Crippen molar-refractivity contribution in [2.24, 2.45) is 5.92 Å². The van der Waals surface area contributed by atoms with Gasteiger partial charge < -0.3 is 4.90 Å². The van der Waals surface area contributed by atoms with Gasteiger partial charge in [-0.3, -0.25) is 14.0 Å². The van der Waals surface area contributed by atoms with Crippen molar-refractivity contribution in [3.05, 3.63) is 59.9 Å². The van der Waals surface area contributed by atoms with Crippen molar-refractivity contribution in [2.45, 2.75) is 30.2 Å². The molecule has 1 fully saturated rings. The molecule has 5 heteroatoms. The predicted octanol–water partition coefficient (Wildman–Crippen LogP) is 3.14. The van der Waals surface area contributed by atoms with Gasteiger partial charge in [0.25, 0.3) is 0 Å². The number of pyridine rings is 1. The van der Waals surface area contributed by atoms with Crippen LogP contribution in [0.25, 0.3) is 0 Å². The van der Waals surface area contributed by atoms with E-state index in [9.17, 15) is 9.00 Å². The molecule has 1 heterocycles. The molecule has 0 unspecified atom stereocenters. The summed E-state index contributed by atoms with van der Waals surface area (Å²) in [4.78, 5) is 19.5. The monoisotopic (exact) mass is 342 g/mol. The molecule has 1 amide bonds. The molecule has 2 aromatic rings. The number of amides is 1. The van der Waals surface area contributed by atoms with Crippen molar-refractivity contribution in [1.82, 2.24) is 9.88 Å². The second kappa shape index (κ2) is 6.85. The summed E-state index contributed by atoms with van der Waals surface area (Å²) in [6.45, 7) is 2.03. The normalized spacial score (nSPS) is 21.8. The van der Waals surface area contributed by atoms with Crippen LogP contribution in [0, 0.1) is 5.92 Å². The lowest BCUT2D eigenvalue weighted by atomic mass is 10.1. The third-order valence-electron chi connectivity index (χ3n) is 4.84. The van der Waals surface area contributed by atoms with Crippen LogP contribution in [0.15, 0.2) is 53.7 Å². The van der Waals surface area contributed by atoms with E-state index in [1.54, 1.807) is 12.5 Å². The number of aromatic nitrogens is 1. The van der Waals surface area contributed by atoms with E-state index < -0.39 is 10.8 Å². The summed E-state index contributed by atoms with van der Waals surface area (Å²) in [6, 6.07) is 11.6. The summed E-state index contributed by atoms with van der Waals surface area (Å²) in [6.07, 6.45) is 6.17. The quantitative estimate of drug-likeness (QED) is 0.839. The highest BCUT2D eigenvalue weighted by atomic mass is 32.2. The Morgan fingerprint density at radius 2 is 2.00 bits per heavy atom. The molecule has 0 spiro atoms. The van der Waals surface area contributed by atoms with E-state index in [1.165, 1.54) is 0 Å². The lowest BCUT2D eigenvalue weighted by Crippen LogP contribution is -2.31. The number of carbonyl (C=O) groups is 1. The van der Waals surface area contributed by atoms with E-state index in [-0.39, 0.29) is 17.9 Å². The van der Waals surface area contributed by atoms with E-state index in [1.807, 2.05) is 61.5 Å². The molecule has 1 aliphatic carbocycles. The highest BCUT2D eigenvalue weighted by molar-refractivity contribution is 7.84. The first-order valence-corrected chi connectivity index (χ1v) is 9.65. The molecule has 126 valence electrons. The Balaban J connectivity index is 1.66. The number of nitrogens with zero attached hydrogens (tertiary/aromatic N) is 2. The summed E-state index contributed by atoms with van der Waals surface area (Å²) >= 11 is 0. The molecule has 4 atom stereocenters. The molecular formula is C19H22N2O2S. The predicted molar refractivity (Wildman–Crippen MR) is 95.0 cm³/mol. The average Bonchev–Trinajstić information content (AvgIpc) is 3.41. The Labute approximate surface area is 145 Å². The van der Waals surface area contributed by atoms with Crippen LogP contribution in [-0.4, -0.2) is 33.3 Å². The summed E-state index contributed by atoms with van der Waals surface area (Å²) in [5.74, 6) is 0.536. The van der Waals surface area contributed by atoms with Crippen LogP contribution in [-0.2, 0) is 15.6 Å². The molecule has 1 aromatic carbocycles. The molecule has 24 heavy (non-hydrogen) atoms. The smallest absolute Gasteiger partial charge is 0.226 e. The SMILES string of the molecule is C[C@H](c1ccc([S@](C)=O)cc1)N(C)C(=O)[C@@H]1C[C@H]1c1cccnc1. The van der Waals surface area contributed by atoms with E-state index in [0.717, 1.165) is 22.4 Å². The van der Waals surface area contributed by atoms with E-state index in [2.05, 4.69) is 4.98 Å². The average molecular weight is 342 g/mol. The topological polar surface area (TPSA) is 50.3 Å². The molecule has 1 saturated carbocycles. The van der Waals surface area contributed by atoms with Crippen molar-refractivity contribution in [3.8, 4) is 0 Å². The fraction of sp³-hybridized carbons (Fsp3) is 0.368. The Kier molecular flexibility index (Phi) is 4.81. The third-order valence-corrected chi connectivity index (χ3v) is 5.78. The molecule has 0 N–H and O–H groups in total. The van der Waals surface area contributed by atoms with Crippen molar-refractivity contribution >= 4 is 16.7 Å². The van der Waals surface area contributed by atoms with Crippen LogP contribution in [0.5, 0.6) is 0 Å². The zero-order chi connectivity index (χ0) is 17.3. The van der Waals surface area contributed by atoms with Crippen LogP contribution < -0.4 is 0 Å². The maximum absolute atomic E-state index is 12.7. The van der Waals surface area contributed by atoms with Gasteiger partial charge in [-0.05, 0) is 48.6 Å². The zero-order valence-electron chi connectivity index (χ0n) is 14.2. The van der Waals surface area contributed by atoms with E-state index >= 15 is 0 Å². The number of hydrogen-bond donors (Lipinski definition) is 0. The van der Waals surface area contributed by atoms with E-state index in [4.69, 9.17) is 0 Å². The van der Waals surface area contributed by atoms with Gasteiger partial charge in [-0.1, -0.05) is 18.2 Å². The zero-order valence-corrected chi connectivity index (χ0v) is 15.0. The number of benzene rings is 1. The maximum Gasteiger partial charge on any atom is 0.226 e. The molecule has 1 aliphatic rings. The summed E-state index contributed by atoms with van der Waals surface area (Å²) in [7, 11) is 0.879. The van der Waals surface area contributed by atoms with Gasteiger partial charge in [0.05, 0.1) is 6.04 Å². The third kappa shape index (κ3) is 3.41. The Morgan fingerprint density at radius 1 is 1.29 bits per heavy atom. The van der Waals surface area contributed by atoms with Crippen molar-refractivity contribution in [2.75, 3.05) is 13.3 Å². The first-order valence-electron chi connectivity index (χ1n) is 8.09. The minimum atomic E-state index is -0.980. The molecule has 0 saturated heterocycles. The van der Waals surface area contributed by atoms with Crippen LogP contribution in [0.2, 0.25) is 0 Å². The number of hydrogen-bond acceptors (Lipinski definition) is 3. The highest BCUT2D eigenvalue weighted by Crippen LogP contribution is 2.48. The maximum atomic E-state index is 12.7. The lowest BCUT2D eigenvalue weighted by Gasteiger charge is -2.26. The molecule has 3 rings (SSSR count). The lowest BCUT2D eigenvalue weighted by molar-refractivity contribution is -0.133. The molecule has 1 aromatic heterocycles.